The summed E-state index contributed by atoms with van der Waals surface area (Å²) in [5.74, 6) is -0.570. The molecule has 0 bridgehead atoms. The molecular formula is C28H24Cl2F3N5O3S. The van der Waals surface area contributed by atoms with Gasteiger partial charge in [0.05, 0.1) is 28.6 Å². The molecular weight excluding hydrogens is 614 g/mol. The molecule has 2 N–H and O–H groups in total. The van der Waals surface area contributed by atoms with E-state index in [9.17, 15) is 22.8 Å². The fourth-order valence-electron chi connectivity index (χ4n) is 3.74. The van der Waals surface area contributed by atoms with Gasteiger partial charge >= 0.3 is 6.18 Å². The van der Waals surface area contributed by atoms with Gasteiger partial charge in [-0.2, -0.15) is 13.2 Å². The maximum atomic E-state index is 13.5. The van der Waals surface area contributed by atoms with E-state index in [1.165, 1.54) is 28.8 Å². The van der Waals surface area contributed by atoms with Crippen molar-refractivity contribution in [2.24, 2.45) is 0 Å². The van der Waals surface area contributed by atoms with Crippen molar-refractivity contribution >= 4 is 52.5 Å². The third kappa shape index (κ3) is 8.17. The van der Waals surface area contributed by atoms with Crippen LogP contribution in [0.1, 0.15) is 22.5 Å². The summed E-state index contributed by atoms with van der Waals surface area (Å²) in [6.07, 6.45) is -4.59. The van der Waals surface area contributed by atoms with Crippen LogP contribution in [0.4, 0.5) is 18.9 Å². The number of rotatable bonds is 10. The number of carbonyl (C=O) groups is 2. The Kier molecular flexibility index (Phi) is 10.0. The molecule has 3 aromatic carbocycles. The van der Waals surface area contributed by atoms with E-state index in [4.69, 9.17) is 27.9 Å². The molecule has 1 aromatic heterocycles. The number of nitrogens with one attached hydrogen (secondary N) is 2. The van der Waals surface area contributed by atoms with Gasteiger partial charge in [-0.25, -0.2) is 0 Å². The van der Waals surface area contributed by atoms with Crippen molar-refractivity contribution in [2.45, 2.75) is 31.7 Å². The molecule has 0 aliphatic rings. The minimum atomic E-state index is -4.59. The lowest BCUT2D eigenvalue weighted by molar-refractivity contribution is -0.137. The van der Waals surface area contributed by atoms with E-state index in [0.717, 1.165) is 35.0 Å². The van der Waals surface area contributed by atoms with E-state index in [-0.39, 0.29) is 52.3 Å². The minimum Gasteiger partial charge on any atom is -0.482 e. The van der Waals surface area contributed by atoms with Gasteiger partial charge in [0.15, 0.2) is 17.6 Å². The number of benzene rings is 3. The highest BCUT2D eigenvalue weighted by Gasteiger charge is 2.31. The maximum Gasteiger partial charge on any atom is 0.416 e. The van der Waals surface area contributed by atoms with E-state index >= 15 is 0 Å². The standard InChI is InChI=1S/C28H24Cl2F3N5O3S/c1-16-6-7-17(2)22(10-16)35-26(40)15-42-27-37-36-24(38(27)20-5-3-4-18(11-20)28(31,32)33)13-34-25(39)14-41-23-9-8-19(29)12-21(23)30/h3-12H,13-15H2,1-2H3,(H,34,39)(H,35,40). The van der Waals surface area contributed by atoms with Gasteiger partial charge in [0.1, 0.15) is 5.75 Å². The van der Waals surface area contributed by atoms with Crippen LogP contribution in [0.25, 0.3) is 5.69 Å². The molecule has 8 nitrogen and oxygen atoms in total. The van der Waals surface area contributed by atoms with Crippen molar-refractivity contribution in [2.75, 3.05) is 17.7 Å². The van der Waals surface area contributed by atoms with Crippen molar-refractivity contribution in [3.05, 3.63) is 93.2 Å². The van der Waals surface area contributed by atoms with Crippen LogP contribution in [0.3, 0.4) is 0 Å². The summed E-state index contributed by atoms with van der Waals surface area (Å²) in [4.78, 5) is 25.2. The number of hydrogen-bond donors (Lipinski definition) is 2. The summed E-state index contributed by atoms with van der Waals surface area (Å²) in [6, 6.07) is 14.8. The van der Waals surface area contributed by atoms with Crippen LogP contribution in [-0.2, 0) is 22.3 Å². The van der Waals surface area contributed by atoms with Gasteiger partial charge in [-0.1, -0.05) is 53.2 Å². The van der Waals surface area contributed by atoms with Crippen LogP contribution in [0, 0.1) is 13.8 Å². The number of thioether (sulfide) groups is 1. The molecule has 0 radical (unpaired) electrons. The first-order valence-electron chi connectivity index (χ1n) is 12.4. The number of aromatic nitrogens is 3. The fraction of sp³-hybridized carbons (Fsp3) is 0.214. The van der Waals surface area contributed by atoms with E-state index < -0.39 is 17.6 Å². The second-order valence-electron chi connectivity index (χ2n) is 9.08. The van der Waals surface area contributed by atoms with Crippen LogP contribution in [-0.4, -0.2) is 38.9 Å². The average molecular weight is 638 g/mol. The number of halogens is 5. The minimum absolute atomic E-state index is 0.0907. The lowest BCUT2D eigenvalue weighted by Gasteiger charge is -2.14. The third-order valence-electron chi connectivity index (χ3n) is 5.83. The Morgan fingerprint density at radius 3 is 2.52 bits per heavy atom. The zero-order valence-electron chi connectivity index (χ0n) is 22.3. The highest BCUT2D eigenvalue weighted by molar-refractivity contribution is 7.99. The van der Waals surface area contributed by atoms with Gasteiger partial charge in [0.2, 0.25) is 5.91 Å². The molecule has 4 aromatic rings. The quantitative estimate of drug-likeness (QED) is 0.189. The zero-order valence-corrected chi connectivity index (χ0v) is 24.6. The summed E-state index contributed by atoms with van der Waals surface area (Å²) >= 11 is 12.9. The highest BCUT2D eigenvalue weighted by atomic mass is 35.5. The summed E-state index contributed by atoms with van der Waals surface area (Å²) in [5.41, 5.74) is 1.75. The molecule has 0 unspecified atom stereocenters. The fourth-order valence-corrected chi connectivity index (χ4v) is 4.97. The Hall–Kier alpha value is -3.74. The van der Waals surface area contributed by atoms with Gasteiger partial charge < -0.3 is 15.4 Å². The summed E-state index contributed by atoms with van der Waals surface area (Å²) in [6.45, 7) is 3.19. The molecule has 14 heteroatoms. The number of anilines is 1. The van der Waals surface area contributed by atoms with Crippen LogP contribution < -0.4 is 15.4 Å². The van der Waals surface area contributed by atoms with Crippen molar-refractivity contribution in [1.82, 2.24) is 20.1 Å². The normalized spacial score (nSPS) is 11.3. The van der Waals surface area contributed by atoms with Crippen molar-refractivity contribution in [3.8, 4) is 11.4 Å². The lowest BCUT2D eigenvalue weighted by atomic mass is 10.1. The number of hydrogen-bond acceptors (Lipinski definition) is 6. The lowest BCUT2D eigenvalue weighted by Crippen LogP contribution is -2.29. The average Bonchev–Trinajstić information content (AvgIpc) is 3.34. The van der Waals surface area contributed by atoms with E-state index in [1.807, 2.05) is 32.0 Å². The summed E-state index contributed by atoms with van der Waals surface area (Å²) in [5, 5.41) is 14.4. The van der Waals surface area contributed by atoms with Gasteiger partial charge in [-0.15, -0.1) is 10.2 Å². The summed E-state index contributed by atoms with van der Waals surface area (Å²) < 4.78 is 47.2. The topological polar surface area (TPSA) is 98.1 Å². The number of alkyl halides is 3. The molecule has 220 valence electrons. The molecule has 2 amide bonds. The monoisotopic (exact) mass is 637 g/mol. The Bertz CT molecular complexity index is 1610. The first-order chi connectivity index (χ1) is 19.9. The Morgan fingerprint density at radius 2 is 1.79 bits per heavy atom. The van der Waals surface area contributed by atoms with Gasteiger partial charge in [-0.05, 0) is 67.4 Å². The number of amides is 2. The van der Waals surface area contributed by atoms with Gasteiger partial charge in [0.25, 0.3) is 5.91 Å². The maximum absolute atomic E-state index is 13.5. The van der Waals surface area contributed by atoms with Crippen molar-refractivity contribution in [3.63, 3.8) is 0 Å². The van der Waals surface area contributed by atoms with E-state index in [2.05, 4.69) is 20.8 Å². The predicted molar refractivity (Wildman–Crippen MR) is 155 cm³/mol. The molecule has 0 saturated heterocycles. The molecule has 4 rings (SSSR count). The van der Waals surface area contributed by atoms with Gasteiger partial charge in [0, 0.05) is 10.7 Å². The molecule has 0 atom stereocenters. The van der Waals surface area contributed by atoms with Crippen LogP contribution in [0.5, 0.6) is 5.75 Å². The van der Waals surface area contributed by atoms with Crippen LogP contribution in [0.15, 0.2) is 65.8 Å². The van der Waals surface area contributed by atoms with Crippen molar-refractivity contribution < 1.29 is 27.5 Å². The van der Waals surface area contributed by atoms with E-state index in [0.29, 0.717) is 10.7 Å². The first-order valence-corrected chi connectivity index (χ1v) is 14.1. The number of carbonyl (C=O) groups excluding carboxylic acids is 2. The highest BCUT2D eigenvalue weighted by Crippen LogP contribution is 2.32. The Balaban J connectivity index is 1.50. The Morgan fingerprint density at radius 1 is 1.00 bits per heavy atom. The number of aryl methyl sites for hydroxylation is 2. The van der Waals surface area contributed by atoms with Crippen LogP contribution >= 0.6 is 35.0 Å². The second-order valence-corrected chi connectivity index (χ2v) is 10.9. The predicted octanol–water partition coefficient (Wildman–Crippen LogP) is 6.64. The molecule has 0 fully saturated rings. The van der Waals surface area contributed by atoms with E-state index in [1.54, 1.807) is 6.07 Å². The number of nitrogens with zero attached hydrogens (tertiary/aromatic N) is 3. The van der Waals surface area contributed by atoms with Crippen LogP contribution in [0.2, 0.25) is 10.0 Å². The van der Waals surface area contributed by atoms with Gasteiger partial charge in [-0.3, -0.25) is 14.2 Å². The SMILES string of the molecule is Cc1ccc(C)c(NC(=O)CSc2nnc(CNC(=O)COc3ccc(Cl)cc3Cl)n2-c2cccc(C(F)(F)F)c2)c1. The Labute approximate surface area is 253 Å². The summed E-state index contributed by atoms with van der Waals surface area (Å²) in [7, 11) is 0. The molecule has 42 heavy (non-hydrogen) atoms. The third-order valence-corrected chi connectivity index (χ3v) is 7.29. The largest absolute Gasteiger partial charge is 0.482 e. The molecule has 0 spiro atoms. The molecule has 1 heterocycles. The molecule has 0 saturated carbocycles. The smallest absolute Gasteiger partial charge is 0.416 e. The molecule has 0 aliphatic heterocycles. The van der Waals surface area contributed by atoms with Crippen molar-refractivity contribution in [1.29, 1.82) is 0 Å². The zero-order chi connectivity index (χ0) is 30.4. The number of ether oxygens (including phenoxy) is 1. The first kappa shape index (κ1) is 31.2. The molecule has 0 aliphatic carbocycles. The second kappa shape index (κ2) is 13.5.